The third kappa shape index (κ3) is 2.67. The summed E-state index contributed by atoms with van der Waals surface area (Å²) in [5.41, 5.74) is 7.05. The summed E-state index contributed by atoms with van der Waals surface area (Å²) >= 11 is 1.50. The third-order valence-corrected chi connectivity index (χ3v) is 3.52. The van der Waals surface area contributed by atoms with E-state index in [1.165, 1.54) is 11.8 Å². The minimum absolute atomic E-state index is 0.275. The van der Waals surface area contributed by atoms with Crippen LogP contribution in [0.25, 0.3) is 11.1 Å². The van der Waals surface area contributed by atoms with Crippen molar-refractivity contribution in [2.75, 3.05) is 5.75 Å². The van der Waals surface area contributed by atoms with Gasteiger partial charge in [-0.25, -0.2) is 4.98 Å². The summed E-state index contributed by atoms with van der Waals surface area (Å²) in [6, 6.07) is 9.24. The van der Waals surface area contributed by atoms with E-state index in [1.54, 1.807) is 16.9 Å². The number of carbonyl (C=O) groups excluding carboxylic acids is 1. The maximum absolute atomic E-state index is 10.9. The monoisotopic (exact) mass is 288 g/mol. The van der Waals surface area contributed by atoms with E-state index in [1.807, 2.05) is 24.3 Å². The molecule has 0 atom stereocenters. The number of aromatic nitrogens is 3. The molecule has 7 heteroatoms. The summed E-state index contributed by atoms with van der Waals surface area (Å²) in [7, 11) is 0. The summed E-state index contributed by atoms with van der Waals surface area (Å²) in [6.07, 6.45) is 1.73. The first kappa shape index (κ1) is 12.7. The lowest BCUT2D eigenvalue weighted by Crippen LogP contribution is -2.12. The molecule has 0 saturated carbocycles. The zero-order valence-electron chi connectivity index (χ0n) is 10.5. The Hall–Kier alpha value is -2.28. The molecule has 20 heavy (non-hydrogen) atoms. The zero-order chi connectivity index (χ0) is 13.9. The summed E-state index contributed by atoms with van der Waals surface area (Å²) < 4.78 is 7.27. The van der Waals surface area contributed by atoms with Crippen molar-refractivity contribution < 1.29 is 9.21 Å². The van der Waals surface area contributed by atoms with E-state index in [2.05, 4.69) is 10.1 Å². The third-order valence-electron chi connectivity index (χ3n) is 2.71. The van der Waals surface area contributed by atoms with Crippen molar-refractivity contribution in [1.29, 1.82) is 0 Å². The van der Waals surface area contributed by atoms with E-state index in [4.69, 9.17) is 10.2 Å². The van der Waals surface area contributed by atoms with Crippen LogP contribution in [-0.4, -0.2) is 26.4 Å². The van der Waals surface area contributed by atoms with Gasteiger partial charge < -0.3 is 10.2 Å². The van der Waals surface area contributed by atoms with Gasteiger partial charge >= 0.3 is 0 Å². The van der Waals surface area contributed by atoms with Gasteiger partial charge in [-0.15, -0.1) is 0 Å². The smallest absolute Gasteiger partial charge is 0.269 e. The number of carbonyl (C=O) groups is 1. The molecule has 6 nitrogen and oxygen atoms in total. The first-order valence-corrected chi connectivity index (χ1v) is 7.02. The Kier molecular flexibility index (Phi) is 3.42. The van der Waals surface area contributed by atoms with Gasteiger partial charge in [-0.1, -0.05) is 23.9 Å². The molecule has 0 unspecified atom stereocenters. The number of para-hydroxylation sites is 2. The van der Waals surface area contributed by atoms with Crippen molar-refractivity contribution in [2.24, 2.45) is 5.73 Å². The molecule has 0 saturated heterocycles. The minimum atomic E-state index is -0.518. The summed E-state index contributed by atoms with van der Waals surface area (Å²) in [5, 5.41) is 4.69. The van der Waals surface area contributed by atoms with Crippen molar-refractivity contribution in [3.63, 3.8) is 0 Å². The van der Waals surface area contributed by atoms with Crippen LogP contribution in [-0.2, 0) is 6.54 Å². The molecule has 0 spiro atoms. The highest BCUT2D eigenvalue weighted by Gasteiger charge is 2.07. The molecule has 1 aromatic carbocycles. The molecule has 0 aliphatic heterocycles. The van der Waals surface area contributed by atoms with Crippen LogP contribution in [0.4, 0.5) is 0 Å². The molecule has 0 aliphatic rings. The largest absolute Gasteiger partial charge is 0.431 e. The standard InChI is InChI=1S/C13H12N4O2S/c14-12(18)10-5-6-17(16-10)7-8-20-13-15-9-3-1-2-4-11(9)19-13/h1-6H,7-8H2,(H2,14,18). The number of hydrogen-bond donors (Lipinski definition) is 1. The zero-order valence-corrected chi connectivity index (χ0v) is 11.3. The molecular weight excluding hydrogens is 276 g/mol. The number of hydrogen-bond acceptors (Lipinski definition) is 5. The second-order valence-corrected chi connectivity index (χ2v) is 5.17. The highest BCUT2D eigenvalue weighted by Crippen LogP contribution is 2.23. The van der Waals surface area contributed by atoms with Gasteiger partial charge in [0.05, 0.1) is 6.54 Å². The van der Waals surface area contributed by atoms with Gasteiger partial charge in [0.15, 0.2) is 5.58 Å². The average molecular weight is 288 g/mol. The van der Waals surface area contributed by atoms with Crippen molar-refractivity contribution in [1.82, 2.24) is 14.8 Å². The van der Waals surface area contributed by atoms with Gasteiger partial charge in [-0.3, -0.25) is 9.48 Å². The lowest BCUT2D eigenvalue weighted by molar-refractivity contribution is 0.0995. The maximum Gasteiger partial charge on any atom is 0.269 e. The first-order chi connectivity index (χ1) is 9.72. The number of oxazole rings is 1. The highest BCUT2D eigenvalue weighted by molar-refractivity contribution is 7.99. The van der Waals surface area contributed by atoms with Crippen LogP contribution < -0.4 is 5.73 Å². The van der Waals surface area contributed by atoms with Crippen LogP contribution in [0, 0.1) is 0 Å². The average Bonchev–Trinajstić information content (AvgIpc) is 3.04. The Balaban J connectivity index is 1.60. The number of aryl methyl sites for hydroxylation is 1. The number of benzene rings is 1. The summed E-state index contributed by atoms with van der Waals surface area (Å²) in [5.74, 6) is 0.225. The molecule has 0 bridgehead atoms. The highest BCUT2D eigenvalue weighted by atomic mass is 32.2. The van der Waals surface area contributed by atoms with Gasteiger partial charge in [-0.2, -0.15) is 5.10 Å². The molecule has 0 aliphatic carbocycles. The fourth-order valence-corrected chi connectivity index (χ4v) is 2.52. The SMILES string of the molecule is NC(=O)c1ccn(CCSc2nc3ccccc3o2)n1. The van der Waals surface area contributed by atoms with Crippen LogP contribution in [0.1, 0.15) is 10.5 Å². The maximum atomic E-state index is 10.9. The van der Waals surface area contributed by atoms with Gasteiger partial charge in [0, 0.05) is 11.9 Å². The van der Waals surface area contributed by atoms with Crippen molar-refractivity contribution >= 4 is 28.8 Å². The number of rotatable bonds is 5. The molecule has 0 radical (unpaired) electrons. The lowest BCUT2D eigenvalue weighted by Gasteiger charge is -1.98. The van der Waals surface area contributed by atoms with Crippen molar-refractivity contribution in [3.8, 4) is 0 Å². The fourth-order valence-electron chi connectivity index (χ4n) is 1.76. The number of fused-ring (bicyclic) bond motifs is 1. The van der Waals surface area contributed by atoms with Crippen LogP contribution in [0.15, 0.2) is 46.2 Å². The van der Waals surface area contributed by atoms with Gasteiger partial charge in [0.1, 0.15) is 11.2 Å². The number of primary amides is 1. The van der Waals surface area contributed by atoms with Crippen molar-refractivity contribution in [2.45, 2.75) is 11.8 Å². The lowest BCUT2D eigenvalue weighted by atomic mass is 10.3. The second kappa shape index (κ2) is 5.38. The topological polar surface area (TPSA) is 86.9 Å². The Labute approximate surface area is 119 Å². The normalized spacial score (nSPS) is 11.0. The van der Waals surface area contributed by atoms with Crippen LogP contribution in [0.2, 0.25) is 0 Å². The van der Waals surface area contributed by atoms with Crippen molar-refractivity contribution in [3.05, 3.63) is 42.2 Å². The van der Waals surface area contributed by atoms with Gasteiger partial charge in [0.25, 0.3) is 11.1 Å². The quantitative estimate of drug-likeness (QED) is 0.725. The predicted molar refractivity (Wildman–Crippen MR) is 75.5 cm³/mol. The Morgan fingerprint density at radius 2 is 2.20 bits per heavy atom. The molecule has 2 heterocycles. The number of nitrogens with two attached hydrogens (primary N) is 1. The molecule has 102 valence electrons. The van der Waals surface area contributed by atoms with E-state index in [-0.39, 0.29) is 5.69 Å². The molecule has 0 fully saturated rings. The van der Waals surface area contributed by atoms with E-state index in [0.29, 0.717) is 11.8 Å². The molecule has 3 aromatic rings. The number of thioether (sulfide) groups is 1. The molecular formula is C13H12N4O2S. The molecule has 2 aromatic heterocycles. The predicted octanol–water partition coefficient (Wildman–Crippen LogP) is 1.92. The second-order valence-electron chi connectivity index (χ2n) is 4.12. The Morgan fingerprint density at radius 1 is 1.35 bits per heavy atom. The minimum Gasteiger partial charge on any atom is -0.431 e. The first-order valence-electron chi connectivity index (χ1n) is 6.04. The Bertz CT molecular complexity index is 717. The van der Waals surface area contributed by atoms with Gasteiger partial charge in [0.2, 0.25) is 0 Å². The Morgan fingerprint density at radius 3 is 2.95 bits per heavy atom. The molecule has 1 amide bonds. The van der Waals surface area contributed by atoms with E-state index in [0.717, 1.165) is 16.9 Å². The number of nitrogens with zero attached hydrogens (tertiary/aromatic N) is 3. The van der Waals surface area contributed by atoms with Gasteiger partial charge in [-0.05, 0) is 18.2 Å². The van der Waals surface area contributed by atoms with E-state index < -0.39 is 5.91 Å². The summed E-state index contributed by atoms with van der Waals surface area (Å²) in [4.78, 5) is 15.3. The van der Waals surface area contributed by atoms with E-state index in [9.17, 15) is 4.79 Å². The van der Waals surface area contributed by atoms with Crippen LogP contribution in [0.3, 0.4) is 0 Å². The summed E-state index contributed by atoms with van der Waals surface area (Å²) in [6.45, 7) is 0.649. The molecule has 2 N–H and O–H groups in total. The van der Waals surface area contributed by atoms with Crippen LogP contribution >= 0.6 is 11.8 Å². The number of amides is 1. The van der Waals surface area contributed by atoms with Crippen LogP contribution in [0.5, 0.6) is 0 Å². The molecule has 3 rings (SSSR count). The van der Waals surface area contributed by atoms with E-state index >= 15 is 0 Å². The fraction of sp³-hybridized carbons (Fsp3) is 0.154.